The topological polar surface area (TPSA) is 86.5 Å². The summed E-state index contributed by atoms with van der Waals surface area (Å²) in [6.07, 6.45) is 1.51. The standard InChI is InChI=1S/C15H17N3O3/c1-3-21-12-6-4-5-11(16)14(12)15(19)18-10-7-8-13(20-2)17-9-10/h4-9H,3,16H2,1-2H3,(H,18,19). The van der Waals surface area contributed by atoms with E-state index in [-0.39, 0.29) is 5.91 Å². The molecule has 2 rings (SSSR count). The third kappa shape index (κ3) is 3.42. The van der Waals surface area contributed by atoms with E-state index in [4.69, 9.17) is 15.2 Å². The average molecular weight is 287 g/mol. The minimum Gasteiger partial charge on any atom is -0.493 e. The molecule has 0 saturated heterocycles. The van der Waals surface area contributed by atoms with Crippen LogP contribution in [0.4, 0.5) is 11.4 Å². The molecular weight excluding hydrogens is 270 g/mol. The van der Waals surface area contributed by atoms with Gasteiger partial charge in [0, 0.05) is 11.8 Å². The van der Waals surface area contributed by atoms with Crippen LogP contribution in [0.3, 0.4) is 0 Å². The highest BCUT2D eigenvalue weighted by molar-refractivity contribution is 6.09. The smallest absolute Gasteiger partial charge is 0.261 e. The fourth-order valence-corrected chi connectivity index (χ4v) is 1.84. The van der Waals surface area contributed by atoms with E-state index in [1.807, 2.05) is 6.92 Å². The molecule has 2 aromatic rings. The van der Waals surface area contributed by atoms with Gasteiger partial charge in [-0.25, -0.2) is 4.98 Å². The number of rotatable bonds is 5. The molecule has 1 aromatic heterocycles. The number of carbonyl (C=O) groups is 1. The highest BCUT2D eigenvalue weighted by Gasteiger charge is 2.16. The predicted octanol–water partition coefficient (Wildman–Crippen LogP) is 2.32. The zero-order valence-corrected chi connectivity index (χ0v) is 11.9. The Morgan fingerprint density at radius 3 is 2.76 bits per heavy atom. The van der Waals surface area contributed by atoms with Gasteiger partial charge >= 0.3 is 0 Å². The average Bonchev–Trinajstić information content (AvgIpc) is 2.48. The van der Waals surface area contributed by atoms with Crippen LogP contribution in [0.2, 0.25) is 0 Å². The summed E-state index contributed by atoms with van der Waals surface area (Å²) in [5.41, 5.74) is 7.10. The van der Waals surface area contributed by atoms with Crippen molar-refractivity contribution in [1.29, 1.82) is 0 Å². The number of ether oxygens (including phenoxy) is 2. The second-order valence-corrected chi connectivity index (χ2v) is 4.20. The Morgan fingerprint density at radius 2 is 2.14 bits per heavy atom. The van der Waals surface area contributed by atoms with Crippen molar-refractivity contribution in [2.45, 2.75) is 6.92 Å². The molecule has 110 valence electrons. The van der Waals surface area contributed by atoms with Crippen LogP contribution < -0.4 is 20.5 Å². The van der Waals surface area contributed by atoms with Crippen LogP contribution in [0.5, 0.6) is 11.6 Å². The van der Waals surface area contributed by atoms with Crippen molar-refractivity contribution in [3.05, 3.63) is 42.1 Å². The summed E-state index contributed by atoms with van der Waals surface area (Å²) in [7, 11) is 1.53. The zero-order valence-electron chi connectivity index (χ0n) is 11.9. The lowest BCUT2D eigenvalue weighted by Crippen LogP contribution is -2.16. The van der Waals surface area contributed by atoms with Gasteiger partial charge in [-0.3, -0.25) is 4.79 Å². The maximum absolute atomic E-state index is 12.4. The SMILES string of the molecule is CCOc1cccc(N)c1C(=O)Nc1ccc(OC)nc1. The summed E-state index contributed by atoms with van der Waals surface area (Å²) >= 11 is 0. The number of anilines is 2. The molecule has 1 amide bonds. The Labute approximate surface area is 122 Å². The van der Waals surface area contributed by atoms with E-state index in [0.717, 1.165) is 0 Å². The fourth-order valence-electron chi connectivity index (χ4n) is 1.84. The van der Waals surface area contributed by atoms with E-state index in [0.29, 0.717) is 35.2 Å². The van der Waals surface area contributed by atoms with Crippen molar-refractivity contribution >= 4 is 17.3 Å². The number of aromatic nitrogens is 1. The van der Waals surface area contributed by atoms with Gasteiger partial charge in [-0.05, 0) is 25.1 Å². The number of benzene rings is 1. The molecule has 0 bridgehead atoms. The van der Waals surface area contributed by atoms with Gasteiger partial charge in [0.05, 0.1) is 25.6 Å². The molecule has 0 radical (unpaired) electrons. The van der Waals surface area contributed by atoms with Gasteiger partial charge in [0.15, 0.2) is 0 Å². The molecule has 0 aliphatic heterocycles. The molecule has 0 aliphatic carbocycles. The van der Waals surface area contributed by atoms with Crippen LogP contribution in [-0.4, -0.2) is 24.6 Å². The van der Waals surface area contributed by atoms with Gasteiger partial charge in [-0.15, -0.1) is 0 Å². The molecule has 6 heteroatoms. The maximum atomic E-state index is 12.4. The highest BCUT2D eigenvalue weighted by atomic mass is 16.5. The van der Waals surface area contributed by atoms with Crippen LogP contribution in [-0.2, 0) is 0 Å². The van der Waals surface area contributed by atoms with E-state index < -0.39 is 0 Å². The number of nitrogens with two attached hydrogens (primary N) is 1. The number of amides is 1. The summed E-state index contributed by atoms with van der Waals surface area (Å²) in [4.78, 5) is 16.4. The number of pyridine rings is 1. The quantitative estimate of drug-likeness (QED) is 0.824. The van der Waals surface area contributed by atoms with Crippen molar-refractivity contribution in [1.82, 2.24) is 4.98 Å². The molecule has 0 saturated carbocycles. The van der Waals surface area contributed by atoms with Gasteiger partial charge in [0.2, 0.25) is 5.88 Å². The third-order valence-corrected chi connectivity index (χ3v) is 2.79. The number of hydrogen-bond acceptors (Lipinski definition) is 5. The Morgan fingerprint density at radius 1 is 1.33 bits per heavy atom. The number of nitrogens with one attached hydrogen (secondary N) is 1. The molecule has 1 heterocycles. The largest absolute Gasteiger partial charge is 0.493 e. The Balaban J connectivity index is 2.23. The normalized spacial score (nSPS) is 10.0. The number of hydrogen-bond donors (Lipinski definition) is 2. The fraction of sp³-hybridized carbons (Fsp3) is 0.200. The predicted molar refractivity (Wildman–Crippen MR) is 80.8 cm³/mol. The zero-order chi connectivity index (χ0) is 15.2. The molecule has 1 aromatic carbocycles. The Bertz CT molecular complexity index is 627. The molecule has 0 spiro atoms. The summed E-state index contributed by atoms with van der Waals surface area (Å²) in [6, 6.07) is 8.47. The van der Waals surface area contributed by atoms with Crippen molar-refractivity contribution in [3.8, 4) is 11.6 Å². The molecular formula is C15H17N3O3. The van der Waals surface area contributed by atoms with Crippen LogP contribution in [0.1, 0.15) is 17.3 Å². The minimum absolute atomic E-state index is 0.315. The number of nitrogens with zero attached hydrogens (tertiary/aromatic N) is 1. The van der Waals surface area contributed by atoms with E-state index >= 15 is 0 Å². The van der Waals surface area contributed by atoms with E-state index in [1.165, 1.54) is 13.3 Å². The lowest BCUT2D eigenvalue weighted by Gasteiger charge is -2.12. The minimum atomic E-state index is -0.344. The summed E-state index contributed by atoms with van der Waals surface area (Å²) < 4.78 is 10.4. The lowest BCUT2D eigenvalue weighted by molar-refractivity contribution is 0.102. The first-order valence-electron chi connectivity index (χ1n) is 6.48. The monoisotopic (exact) mass is 287 g/mol. The summed E-state index contributed by atoms with van der Waals surface area (Å²) in [5, 5.41) is 2.73. The van der Waals surface area contributed by atoms with Crippen LogP contribution in [0, 0.1) is 0 Å². The van der Waals surface area contributed by atoms with Crippen LogP contribution in [0.15, 0.2) is 36.5 Å². The molecule has 0 unspecified atom stereocenters. The molecule has 0 fully saturated rings. The number of carbonyl (C=O) groups excluding carboxylic acids is 1. The van der Waals surface area contributed by atoms with Gasteiger partial charge in [0.1, 0.15) is 11.3 Å². The first-order chi connectivity index (χ1) is 10.2. The molecule has 0 aliphatic rings. The van der Waals surface area contributed by atoms with Gasteiger partial charge in [-0.1, -0.05) is 6.07 Å². The number of nitrogen functional groups attached to an aromatic ring is 1. The molecule has 0 atom stereocenters. The van der Waals surface area contributed by atoms with Crippen molar-refractivity contribution in [2.75, 3.05) is 24.8 Å². The van der Waals surface area contributed by atoms with Gasteiger partial charge in [0.25, 0.3) is 5.91 Å². The molecule has 6 nitrogen and oxygen atoms in total. The van der Waals surface area contributed by atoms with E-state index in [2.05, 4.69) is 10.3 Å². The van der Waals surface area contributed by atoms with Crippen LogP contribution in [0.25, 0.3) is 0 Å². The lowest BCUT2D eigenvalue weighted by atomic mass is 10.1. The second kappa shape index (κ2) is 6.60. The van der Waals surface area contributed by atoms with Gasteiger partial charge < -0.3 is 20.5 Å². The van der Waals surface area contributed by atoms with Crippen molar-refractivity contribution in [3.63, 3.8) is 0 Å². The Kier molecular flexibility index (Phi) is 4.61. The summed E-state index contributed by atoms with van der Waals surface area (Å²) in [6.45, 7) is 2.30. The number of methoxy groups -OCH3 is 1. The first-order valence-corrected chi connectivity index (χ1v) is 6.48. The van der Waals surface area contributed by atoms with Crippen molar-refractivity contribution < 1.29 is 14.3 Å². The molecule has 3 N–H and O–H groups in total. The van der Waals surface area contributed by atoms with Crippen molar-refractivity contribution in [2.24, 2.45) is 0 Å². The molecule has 21 heavy (non-hydrogen) atoms. The highest BCUT2D eigenvalue weighted by Crippen LogP contribution is 2.25. The third-order valence-electron chi connectivity index (χ3n) is 2.79. The van der Waals surface area contributed by atoms with E-state index in [9.17, 15) is 4.79 Å². The summed E-state index contributed by atoms with van der Waals surface area (Å²) in [5.74, 6) is 0.585. The maximum Gasteiger partial charge on any atom is 0.261 e. The van der Waals surface area contributed by atoms with Crippen LogP contribution >= 0.6 is 0 Å². The Hall–Kier alpha value is -2.76. The first kappa shape index (κ1) is 14.6. The van der Waals surface area contributed by atoms with E-state index in [1.54, 1.807) is 30.3 Å². The second-order valence-electron chi connectivity index (χ2n) is 4.20. The van der Waals surface area contributed by atoms with Gasteiger partial charge in [-0.2, -0.15) is 0 Å².